The minimum absolute atomic E-state index is 0.0283. The molecule has 2 unspecified atom stereocenters. The van der Waals surface area contributed by atoms with Gasteiger partial charge in [0.2, 0.25) is 5.91 Å². The Kier molecular flexibility index (Phi) is 3.56. The molecular formula is C11H18N4O. The van der Waals surface area contributed by atoms with Gasteiger partial charge in [0.15, 0.2) is 0 Å². The van der Waals surface area contributed by atoms with Gasteiger partial charge in [0.05, 0.1) is 12.2 Å². The second-order valence-corrected chi connectivity index (χ2v) is 4.38. The van der Waals surface area contributed by atoms with Crippen LogP contribution in [0.3, 0.4) is 0 Å². The van der Waals surface area contributed by atoms with E-state index in [4.69, 9.17) is 0 Å². The zero-order valence-corrected chi connectivity index (χ0v) is 9.49. The SMILES string of the molecule is CC(NC(=O)CC1CCNC1)c1cn[nH]c1. The Morgan fingerprint density at radius 1 is 1.75 bits per heavy atom. The van der Waals surface area contributed by atoms with Crippen LogP contribution >= 0.6 is 0 Å². The molecule has 3 N–H and O–H groups in total. The fourth-order valence-electron chi connectivity index (χ4n) is 2.03. The molecule has 1 aliphatic heterocycles. The van der Waals surface area contributed by atoms with Crippen molar-refractivity contribution in [3.63, 3.8) is 0 Å². The van der Waals surface area contributed by atoms with Gasteiger partial charge < -0.3 is 10.6 Å². The van der Waals surface area contributed by atoms with E-state index in [1.54, 1.807) is 6.20 Å². The average molecular weight is 222 g/mol. The number of aromatic nitrogens is 2. The van der Waals surface area contributed by atoms with E-state index in [1.807, 2.05) is 13.1 Å². The van der Waals surface area contributed by atoms with E-state index in [9.17, 15) is 4.79 Å². The zero-order chi connectivity index (χ0) is 11.4. The van der Waals surface area contributed by atoms with Crippen LogP contribution in [-0.2, 0) is 4.79 Å². The van der Waals surface area contributed by atoms with Crippen molar-refractivity contribution in [2.45, 2.75) is 25.8 Å². The van der Waals surface area contributed by atoms with Crippen molar-refractivity contribution in [2.75, 3.05) is 13.1 Å². The molecule has 1 aromatic rings. The minimum atomic E-state index is 0.0283. The first-order chi connectivity index (χ1) is 7.75. The highest BCUT2D eigenvalue weighted by molar-refractivity contribution is 5.76. The summed E-state index contributed by atoms with van der Waals surface area (Å²) in [5.41, 5.74) is 1.01. The lowest BCUT2D eigenvalue weighted by Gasteiger charge is -2.14. The molecule has 1 aliphatic rings. The first kappa shape index (κ1) is 11.1. The lowest BCUT2D eigenvalue weighted by Crippen LogP contribution is -2.28. The highest BCUT2D eigenvalue weighted by Gasteiger charge is 2.19. The third kappa shape index (κ3) is 2.82. The number of aromatic amines is 1. The Bertz CT molecular complexity index is 330. The molecule has 2 rings (SSSR count). The van der Waals surface area contributed by atoms with Gasteiger partial charge in [0.25, 0.3) is 0 Å². The summed E-state index contributed by atoms with van der Waals surface area (Å²) < 4.78 is 0. The normalized spacial score (nSPS) is 21.9. The van der Waals surface area contributed by atoms with Gasteiger partial charge >= 0.3 is 0 Å². The van der Waals surface area contributed by atoms with Crippen LogP contribution in [0.25, 0.3) is 0 Å². The van der Waals surface area contributed by atoms with Crippen LogP contribution in [0.5, 0.6) is 0 Å². The average Bonchev–Trinajstić information content (AvgIpc) is 2.88. The van der Waals surface area contributed by atoms with Crippen molar-refractivity contribution in [2.24, 2.45) is 5.92 Å². The van der Waals surface area contributed by atoms with Gasteiger partial charge in [-0.1, -0.05) is 0 Å². The quantitative estimate of drug-likeness (QED) is 0.698. The molecule has 0 bridgehead atoms. The van der Waals surface area contributed by atoms with Crippen LogP contribution in [0.15, 0.2) is 12.4 Å². The van der Waals surface area contributed by atoms with Crippen LogP contribution in [0.1, 0.15) is 31.4 Å². The number of nitrogens with zero attached hydrogens (tertiary/aromatic N) is 1. The first-order valence-electron chi connectivity index (χ1n) is 5.74. The largest absolute Gasteiger partial charge is 0.349 e. The summed E-state index contributed by atoms with van der Waals surface area (Å²) in [6.07, 6.45) is 5.27. The molecule has 2 heterocycles. The maximum Gasteiger partial charge on any atom is 0.220 e. The molecule has 1 aromatic heterocycles. The van der Waals surface area contributed by atoms with E-state index >= 15 is 0 Å². The molecule has 16 heavy (non-hydrogen) atoms. The third-order valence-electron chi connectivity index (χ3n) is 3.03. The molecule has 1 fully saturated rings. The second kappa shape index (κ2) is 5.12. The Labute approximate surface area is 95.0 Å². The van der Waals surface area contributed by atoms with Crippen LogP contribution in [-0.4, -0.2) is 29.2 Å². The van der Waals surface area contributed by atoms with Gasteiger partial charge in [0, 0.05) is 18.2 Å². The summed E-state index contributed by atoms with van der Waals surface area (Å²) in [6, 6.07) is 0.0283. The number of rotatable bonds is 4. The number of nitrogens with one attached hydrogen (secondary N) is 3. The van der Waals surface area contributed by atoms with Crippen LogP contribution in [0, 0.1) is 5.92 Å². The molecule has 0 radical (unpaired) electrons. The van der Waals surface area contributed by atoms with Crippen LogP contribution in [0.4, 0.5) is 0 Å². The fourth-order valence-corrected chi connectivity index (χ4v) is 2.03. The molecule has 0 saturated carbocycles. The van der Waals surface area contributed by atoms with Crippen molar-refractivity contribution in [3.8, 4) is 0 Å². The monoisotopic (exact) mass is 222 g/mol. The number of hydrogen-bond donors (Lipinski definition) is 3. The van der Waals surface area contributed by atoms with E-state index in [1.165, 1.54) is 0 Å². The Hall–Kier alpha value is -1.36. The fraction of sp³-hybridized carbons (Fsp3) is 0.636. The zero-order valence-electron chi connectivity index (χ0n) is 9.49. The Balaban J connectivity index is 1.78. The summed E-state index contributed by atoms with van der Waals surface area (Å²) in [6.45, 7) is 3.97. The van der Waals surface area contributed by atoms with Gasteiger partial charge in [-0.15, -0.1) is 0 Å². The van der Waals surface area contributed by atoms with Crippen LogP contribution < -0.4 is 10.6 Å². The second-order valence-electron chi connectivity index (χ2n) is 4.38. The molecule has 88 valence electrons. The molecule has 5 nitrogen and oxygen atoms in total. The van der Waals surface area contributed by atoms with Crippen molar-refractivity contribution in [1.82, 2.24) is 20.8 Å². The predicted octanol–water partition coefficient (Wildman–Crippen LogP) is 0.586. The number of carbonyl (C=O) groups excluding carboxylic acids is 1. The minimum Gasteiger partial charge on any atom is -0.349 e. The van der Waals surface area contributed by atoms with Crippen LogP contribution in [0.2, 0.25) is 0 Å². The molecule has 0 spiro atoms. The molecule has 1 amide bonds. The van der Waals surface area contributed by atoms with E-state index in [0.29, 0.717) is 12.3 Å². The molecular weight excluding hydrogens is 204 g/mol. The van der Waals surface area contributed by atoms with Gasteiger partial charge in [-0.2, -0.15) is 5.10 Å². The van der Waals surface area contributed by atoms with E-state index in [0.717, 1.165) is 25.1 Å². The standard InChI is InChI=1S/C11H18N4O/c1-8(10-6-13-14-7-10)15-11(16)4-9-2-3-12-5-9/h6-9,12H,2-5H2,1H3,(H,13,14)(H,15,16). The lowest BCUT2D eigenvalue weighted by molar-refractivity contribution is -0.122. The summed E-state index contributed by atoms with van der Waals surface area (Å²) in [7, 11) is 0. The molecule has 1 saturated heterocycles. The summed E-state index contributed by atoms with van der Waals surface area (Å²) in [4.78, 5) is 11.7. The predicted molar refractivity (Wildman–Crippen MR) is 60.7 cm³/mol. The van der Waals surface area contributed by atoms with Crippen molar-refractivity contribution < 1.29 is 4.79 Å². The smallest absolute Gasteiger partial charge is 0.220 e. The maximum atomic E-state index is 11.7. The lowest BCUT2D eigenvalue weighted by atomic mass is 10.0. The Morgan fingerprint density at radius 3 is 3.25 bits per heavy atom. The molecule has 2 atom stereocenters. The highest BCUT2D eigenvalue weighted by atomic mass is 16.1. The van der Waals surface area contributed by atoms with E-state index < -0.39 is 0 Å². The number of H-pyrrole nitrogens is 1. The summed E-state index contributed by atoms with van der Waals surface area (Å²) in [5, 5.41) is 12.9. The molecule has 5 heteroatoms. The summed E-state index contributed by atoms with van der Waals surface area (Å²) >= 11 is 0. The number of hydrogen-bond acceptors (Lipinski definition) is 3. The van der Waals surface area contributed by atoms with E-state index in [2.05, 4.69) is 20.8 Å². The number of amides is 1. The number of carbonyl (C=O) groups is 1. The first-order valence-corrected chi connectivity index (χ1v) is 5.74. The molecule has 0 aromatic carbocycles. The van der Waals surface area contributed by atoms with Crippen molar-refractivity contribution in [1.29, 1.82) is 0 Å². The highest BCUT2D eigenvalue weighted by Crippen LogP contribution is 2.14. The van der Waals surface area contributed by atoms with Gasteiger partial charge in [-0.3, -0.25) is 9.89 Å². The molecule has 0 aliphatic carbocycles. The Morgan fingerprint density at radius 2 is 2.62 bits per heavy atom. The topological polar surface area (TPSA) is 69.8 Å². The van der Waals surface area contributed by atoms with Crippen molar-refractivity contribution in [3.05, 3.63) is 18.0 Å². The third-order valence-corrected chi connectivity index (χ3v) is 3.03. The van der Waals surface area contributed by atoms with Gasteiger partial charge in [-0.05, 0) is 32.4 Å². The maximum absolute atomic E-state index is 11.7. The van der Waals surface area contributed by atoms with Crippen molar-refractivity contribution >= 4 is 5.91 Å². The van der Waals surface area contributed by atoms with Gasteiger partial charge in [-0.25, -0.2) is 0 Å². The summed E-state index contributed by atoms with van der Waals surface area (Å²) in [5.74, 6) is 0.624. The van der Waals surface area contributed by atoms with Gasteiger partial charge in [0.1, 0.15) is 0 Å². The van der Waals surface area contributed by atoms with E-state index in [-0.39, 0.29) is 11.9 Å².